The summed E-state index contributed by atoms with van der Waals surface area (Å²) in [5.74, 6) is -1.06. The molecule has 0 unspecified atom stereocenters. The highest BCUT2D eigenvalue weighted by atomic mass is 32.2. The lowest BCUT2D eigenvalue weighted by Gasteiger charge is -2.40. The van der Waals surface area contributed by atoms with Crippen LogP contribution in [0, 0.1) is 0 Å². The monoisotopic (exact) mass is 466 g/mol. The van der Waals surface area contributed by atoms with Gasteiger partial charge < -0.3 is 14.8 Å². The topological polar surface area (TPSA) is 144 Å². The van der Waals surface area contributed by atoms with Crippen LogP contribution in [0.25, 0.3) is 0 Å². The molecule has 1 aliphatic rings. The van der Waals surface area contributed by atoms with Gasteiger partial charge in [0.25, 0.3) is 5.91 Å². The van der Waals surface area contributed by atoms with Gasteiger partial charge in [-0.1, -0.05) is 0 Å². The highest BCUT2D eigenvalue weighted by Crippen LogP contribution is 2.19. The van der Waals surface area contributed by atoms with E-state index in [1.54, 1.807) is 41.5 Å². The van der Waals surface area contributed by atoms with Crippen molar-refractivity contribution in [3.63, 3.8) is 0 Å². The molecule has 0 aromatic carbocycles. The van der Waals surface area contributed by atoms with Gasteiger partial charge in [0.2, 0.25) is 10.0 Å². The number of piperazine rings is 1. The van der Waals surface area contributed by atoms with E-state index in [4.69, 9.17) is 9.57 Å². The first-order valence-electron chi connectivity index (χ1n) is 9.83. The molecule has 1 heterocycles. The Hall–Kier alpha value is -2.12. The number of carbonyl (C=O) groups is 3. The Morgan fingerprint density at radius 2 is 1.65 bits per heavy atom. The molecule has 3 amide bonds. The fourth-order valence-corrected chi connectivity index (χ4v) is 3.88. The van der Waals surface area contributed by atoms with Crippen molar-refractivity contribution in [2.45, 2.75) is 58.8 Å². The Labute approximate surface area is 183 Å². The number of ether oxygens (including phenoxy) is 2. The summed E-state index contributed by atoms with van der Waals surface area (Å²) >= 11 is 0. The first-order valence-corrected chi connectivity index (χ1v) is 11.4. The second-order valence-corrected chi connectivity index (χ2v) is 11.1. The van der Waals surface area contributed by atoms with Gasteiger partial charge in [-0.2, -0.15) is 4.31 Å². The standard InChI is InChI=1S/C18H34N4O8S/c1-17(2,3)29-16(25)22-10-9-21(31(26,27)11-8-19-15(24)28-7)12-13(22)14(23)20-30-18(4,5)6/h13H,8-12H2,1-7H3,(H,19,24)(H,20,23)/t13-/m1/s1. The van der Waals surface area contributed by atoms with Crippen LogP contribution in [-0.4, -0.2) is 92.0 Å². The number of alkyl carbamates (subject to hydrolysis) is 1. The quantitative estimate of drug-likeness (QED) is 0.537. The van der Waals surface area contributed by atoms with Crippen molar-refractivity contribution in [2.24, 2.45) is 0 Å². The zero-order valence-electron chi connectivity index (χ0n) is 19.2. The van der Waals surface area contributed by atoms with Crippen LogP contribution in [0.4, 0.5) is 9.59 Å². The highest BCUT2D eigenvalue weighted by molar-refractivity contribution is 7.89. The Morgan fingerprint density at radius 1 is 1.03 bits per heavy atom. The average Bonchev–Trinajstić information content (AvgIpc) is 2.63. The van der Waals surface area contributed by atoms with Crippen molar-refractivity contribution < 1.29 is 37.1 Å². The summed E-state index contributed by atoms with van der Waals surface area (Å²) in [6, 6.07) is -1.16. The zero-order valence-corrected chi connectivity index (χ0v) is 20.0. The second kappa shape index (κ2) is 10.5. The fourth-order valence-electron chi connectivity index (χ4n) is 2.53. The van der Waals surface area contributed by atoms with Crippen molar-refractivity contribution >= 4 is 28.1 Å². The number of hydrogen-bond acceptors (Lipinski definition) is 8. The summed E-state index contributed by atoms with van der Waals surface area (Å²) < 4.78 is 36.2. The number of carbonyl (C=O) groups excluding carboxylic acids is 3. The normalized spacial score (nSPS) is 18.3. The predicted molar refractivity (Wildman–Crippen MR) is 111 cm³/mol. The molecule has 0 aromatic rings. The summed E-state index contributed by atoms with van der Waals surface area (Å²) in [5, 5.41) is 2.30. The summed E-state index contributed by atoms with van der Waals surface area (Å²) in [6.45, 7) is 9.74. The smallest absolute Gasteiger partial charge is 0.411 e. The molecule has 0 bridgehead atoms. The van der Waals surface area contributed by atoms with Crippen LogP contribution >= 0.6 is 0 Å². The second-order valence-electron chi connectivity index (χ2n) is 8.96. The van der Waals surface area contributed by atoms with Crippen LogP contribution < -0.4 is 10.8 Å². The molecule has 180 valence electrons. The molecule has 1 fully saturated rings. The lowest BCUT2D eigenvalue weighted by atomic mass is 10.2. The number of amides is 3. The van der Waals surface area contributed by atoms with E-state index in [-0.39, 0.29) is 31.9 Å². The molecule has 1 rings (SSSR count). The summed E-state index contributed by atoms with van der Waals surface area (Å²) in [7, 11) is -2.65. The van der Waals surface area contributed by atoms with Gasteiger partial charge in [0.05, 0.1) is 18.5 Å². The van der Waals surface area contributed by atoms with Gasteiger partial charge in [0, 0.05) is 26.2 Å². The molecule has 2 N–H and O–H groups in total. The van der Waals surface area contributed by atoms with Gasteiger partial charge >= 0.3 is 12.2 Å². The molecule has 1 atom stereocenters. The van der Waals surface area contributed by atoms with Crippen LogP contribution in [0.15, 0.2) is 0 Å². The Bertz CT molecular complexity index is 758. The van der Waals surface area contributed by atoms with E-state index >= 15 is 0 Å². The lowest BCUT2D eigenvalue weighted by molar-refractivity contribution is -0.152. The van der Waals surface area contributed by atoms with E-state index in [1.165, 1.54) is 12.0 Å². The van der Waals surface area contributed by atoms with E-state index in [0.717, 1.165) is 4.31 Å². The minimum absolute atomic E-state index is 0.0241. The third-order valence-corrected chi connectivity index (χ3v) is 5.78. The number of hydrogen-bond donors (Lipinski definition) is 2. The first-order chi connectivity index (χ1) is 14.1. The van der Waals surface area contributed by atoms with Gasteiger partial charge in [-0.05, 0) is 41.5 Å². The van der Waals surface area contributed by atoms with Crippen molar-refractivity contribution in [1.82, 2.24) is 20.0 Å². The molecule has 12 nitrogen and oxygen atoms in total. The van der Waals surface area contributed by atoms with E-state index < -0.39 is 45.4 Å². The average molecular weight is 467 g/mol. The molecule has 0 radical (unpaired) electrons. The molecule has 31 heavy (non-hydrogen) atoms. The maximum atomic E-state index is 12.8. The minimum Gasteiger partial charge on any atom is -0.453 e. The summed E-state index contributed by atoms with van der Waals surface area (Å²) in [4.78, 5) is 43.0. The zero-order chi connectivity index (χ0) is 24.0. The molecule has 1 saturated heterocycles. The third-order valence-electron chi connectivity index (χ3n) is 3.94. The first kappa shape index (κ1) is 26.9. The minimum atomic E-state index is -3.82. The van der Waals surface area contributed by atoms with Gasteiger partial charge in [0.1, 0.15) is 11.6 Å². The number of sulfonamides is 1. The maximum absolute atomic E-state index is 12.8. The summed E-state index contributed by atoms with van der Waals surface area (Å²) in [6.07, 6.45) is -1.48. The van der Waals surface area contributed by atoms with Crippen molar-refractivity contribution in [3.05, 3.63) is 0 Å². The lowest BCUT2D eigenvalue weighted by Crippen LogP contribution is -2.62. The Balaban J connectivity index is 2.97. The van der Waals surface area contributed by atoms with Crippen molar-refractivity contribution in [2.75, 3.05) is 39.0 Å². The predicted octanol–water partition coefficient (Wildman–Crippen LogP) is 0.440. The molecular formula is C18H34N4O8S. The SMILES string of the molecule is COC(=O)NCCS(=O)(=O)N1CCN(C(=O)OC(C)(C)C)[C@@H](C(=O)NOC(C)(C)C)C1. The van der Waals surface area contributed by atoms with E-state index in [0.29, 0.717) is 0 Å². The van der Waals surface area contributed by atoms with Gasteiger partial charge in [0.15, 0.2) is 0 Å². The Morgan fingerprint density at radius 3 is 2.16 bits per heavy atom. The molecule has 0 aromatic heterocycles. The van der Waals surface area contributed by atoms with E-state index in [2.05, 4.69) is 15.5 Å². The van der Waals surface area contributed by atoms with Gasteiger partial charge in [-0.3, -0.25) is 14.5 Å². The summed E-state index contributed by atoms with van der Waals surface area (Å²) in [5.41, 5.74) is 0.817. The maximum Gasteiger partial charge on any atom is 0.411 e. The van der Waals surface area contributed by atoms with Crippen molar-refractivity contribution in [3.8, 4) is 0 Å². The van der Waals surface area contributed by atoms with Crippen LogP contribution in [-0.2, 0) is 29.1 Å². The molecule has 13 heteroatoms. The third kappa shape index (κ3) is 9.27. The number of nitrogens with one attached hydrogen (secondary N) is 2. The number of rotatable bonds is 6. The number of nitrogens with zero attached hydrogens (tertiary/aromatic N) is 2. The van der Waals surface area contributed by atoms with Crippen molar-refractivity contribution in [1.29, 1.82) is 0 Å². The number of methoxy groups -OCH3 is 1. The highest BCUT2D eigenvalue weighted by Gasteiger charge is 2.41. The van der Waals surface area contributed by atoms with Crippen LogP contribution in [0.1, 0.15) is 41.5 Å². The number of hydroxylamine groups is 1. The largest absolute Gasteiger partial charge is 0.453 e. The van der Waals surface area contributed by atoms with Gasteiger partial charge in [-0.25, -0.2) is 23.5 Å². The van der Waals surface area contributed by atoms with Crippen LogP contribution in [0.2, 0.25) is 0 Å². The van der Waals surface area contributed by atoms with E-state index in [1.807, 2.05) is 0 Å². The van der Waals surface area contributed by atoms with Crippen LogP contribution in [0.3, 0.4) is 0 Å². The molecule has 0 spiro atoms. The molecule has 0 aliphatic carbocycles. The van der Waals surface area contributed by atoms with E-state index in [9.17, 15) is 22.8 Å². The molecular weight excluding hydrogens is 432 g/mol. The molecule has 1 aliphatic heterocycles. The van der Waals surface area contributed by atoms with Crippen LogP contribution in [0.5, 0.6) is 0 Å². The Kier molecular flexibility index (Phi) is 9.08. The molecule has 0 saturated carbocycles. The van der Waals surface area contributed by atoms with Gasteiger partial charge in [-0.15, -0.1) is 0 Å². The fraction of sp³-hybridized carbons (Fsp3) is 0.833.